The van der Waals surface area contributed by atoms with E-state index in [0.717, 1.165) is 5.56 Å². The maximum Gasteiger partial charge on any atom is 0.212 e. The van der Waals surface area contributed by atoms with Crippen LogP contribution in [0.2, 0.25) is 5.02 Å². The minimum Gasteiger partial charge on any atom is -0.481 e. The van der Waals surface area contributed by atoms with Crippen molar-refractivity contribution < 1.29 is 14.2 Å². The molecule has 0 bridgehead atoms. The highest BCUT2D eigenvalue weighted by Crippen LogP contribution is 2.21. The van der Waals surface area contributed by atoms with Crippen LogP contribution in [0.5, 0.6) is 5.88 Å². The first-order chi connectivity index (χ1) is 9.60. The van der Waals surface area contributed by atoms with Crippen molar-refractivity contribution in [1.29, 1.82) is 0 Å². The summed E-state index contributed by atoms with van der Waals surface area (Å²) >= 11 is 5.86. The van der Waals surface area contributed by atoms with Crippen molar-refractivity contribution in [3.63, 3.8) is 0 Å². The molecule has 2 aromatic rings. The van der Waals surface area contributed by atoms with E-state index in [1.807, 2.05) is 6.07 Å². The summed E-state index contributed by atoms with van der Waals surface area (Å²) in [4.78, 5) is 4.07. The van der Waals surface area contributed by atoms with Crippen molar-refractivity contribution in [1.82, 2.24) is 4.98 Å². The minimum absolute atomic E-state index is 0.0689. The zero-order chi connectivity index (χ0) is 14.5. The number of aliphatic hydroxyl groups excluding tert-OH is 1. The number of ether oxygens (including phenoxy) is 1. The molecule has 1 heterocycles. The second kappa shape index (κ2) is 6.68. The zero-order valence-electron chi connectivity index (χ0n) is 11.0. The van der Waals surface area contributed by atoms with Gasteiger partial charge in [-0.15, -0.1) is 0 Å². The second-order valence-electron chi connectivity index (χ2n) is 4.48. The van der Waals surface area contributed by atoms with Gasteiger partial charge >= 0.3 is 0 Å². The Balaban J connectivity index is 2.01. The molecule has 20 heavy (non-hydrogen) atoms. The lowest BCUT2D eigenvalue weighted by molar-refractivity contribution is 0.175. The Bertz CT molecular complexity index is 575. The van der Waals surface area contributed by atoms with Gasteiger partial charge in [0.15, 0.2) is 0 Å². The molecule has 1 N–H and O–H groups in total. The third-order valence-electron chi connectivity index (χ3n) is 2.97. The van der Waals surface area contributed by atoms with Crippen LogP contribution in [0, 0.1) is 5.82 Å². The number of pyridine rings is 1. The topological polar surface area (TPSA) is 42.4 Å². The second-order valence-corrected chi connectivity index (χ2v) is 4.86. The minimum atomic E-state index is -0.649. The molecular formula is C15H15ClFNO2. The number of hydrogen-bond acceptors (Lipinski definition) is 3. The highest BCUT2D eigenvalue weighted by molar-refractivity contribution is 6.31. The first-order valence-electron chi connectivity index (χ1n) is 6.20. The summed E-state index contributed by atoms with van der Waals surface area (Å²) in [6.07, 6.45) is 1.71. The fourth-order valence-electron chi connectivity index (χ4n) is 1.96. The smallest absolute Gasteiger partial charge is 0.212 e. The molecule has 1 aromatic carbocycles. The lowest BCUT2D eigenvalue weighted by Crippen LogP contribution is -2.14. The monoisotopic (exact) mass is 295 g/mol. The number of aromatic nitrogens is 1. The molecule has 1 atom stereocenters. The van der Waals surface area contributed by atoms with E-state index in [4.69, 9.17) is 16.3 Å². The van der Waals surface area contributed by atoms with Crippen molar-refractivity contribution in [3.05, 3.63) is 58.5 Å². The Morgan fingerprint density at radius 3 is 2.75 bits per heavy atom. The van der Waals surface area contributed by atoms with Gasteiger partial charge in [-0.1, -0.05) is 29.8 Å². The lowest BCUT2D eigenvalue weighted by atomic mass is 10.0. The highest BCUT2D eigenvalue weighted by Gasteiger charge is 2.12. The average molecular weight is 296 g/mol. The number of halogens is 2. The Labute approximate surface area is 122 Å². The molecule has 0 saturated carbocycles. The molecule has 106 valence electrons. The Hall–Kier alpha value is -1.65. The first kappa shape index (κ1) is 14.8. The summed E-state index contributed by atoms with van der Waals surface area (Å²) < 4.78 is 18.3. The molecular weight excluding hydrogens is 281 g/mol. The summed E-state index contributed by atoms with van der Waals surface area (Å²) in [5.41, 5.74) is 1.48. The van der Waals surface area contributed by atoms with Crippen LogP contribution in [0.25, 0.3) is 0 Å². The summed E-state index contributed by atoms with van der Waals surface area (Å²) in [5, 5.41) is 10.1. The van der Waals surface area contributed by atoms with Gasteiger partial charge < -0.3 is 9.84 Å². The molecule has 5 heteroatoms. The third-order valence-corrected chi connectivity index (χ3v) is 3.39. The molecule has 2 rings (SSSR count). The number of aliphatic hydroxyl groups is 1. The molecule has 0 fully saturated rings. The number of benzene rings is 1. The van der Waals surface area contributed by atoms with Gasteiger partial charge in [-0.2, -0.15) is 0 Å². The molecule has 0 radical (unpaired) electrons. The van der Waals surface area contributed by atoms with Gasteiger partial charge in [-0.3, -0.25) is 0 Å². The van der Waals surface area contributed by atoms with Crippen molar-refractivity contribution in [2.45, 2.75) is 18.9 Å². The number of nitrogens with zero attached hydrogens (tertiary/aromatic N) is 1. The van der Waals surface area contributed by atoms with E-state index in [0.29, 0.717) is 24.3 Å². The van der Waals surface area contributed by atoms with Gasteiger partial charge in [0.2, 0.25) is 5.88 Å². The average Bonchev–Trinajstić information content (AvgIpc) is 2.45. The van der Waals surface area contributed by atoms with Crippen molar-refractivity contribution >= 4 is 11.6 Å². The molecule has 0 aliphatic heterocycles. The molecule has 0 saturated heterocycles. The predicted molar refractivity (Wildman–Crippen MR) is 75.6 cm³/mol. The van der Waals surface area contributed by atoms with Crippen molar-refractivity contribution in [2.75, 3.05) is 7.11 Å². The highest BCUT2D eigenvalue weighted by atomic mass is 35.5. The van der Waals surface area contributed by atoms with E-state index in [1.165, 1.54) is 6.07 Å². The van der Waals surface area contributed by atoms with Gasteiger partial charge in [0.05, 0.1) is 18.2 Å². The standard InChI is InChI=1S/C15H15ClFNO2/c1-20-14-6-5-10(9-18-14)7-12(19)8-11-3-2-4-13(17)15(11)16/h2-6,9,12,19H,7-8H2,1H3. The normalized spacial score (nSPS) is 12.2. The molecule has 3 nitrogen and oxygen atoms in total. The fourth-order valence-corrected chi connectivity index (χ4v) is 2.16. The Morgan fingerprint density at radius 1 is 1.30 bits per heavy atom. The van der Waals surface area contributed by atoms with Crippen LogP contribution in [0.4, 0.5) is 4.39 Å². The molecule has 1 unspecified atom stereocenters. The predicted octanol–water partition coefficient (Wildman–Crippen LogP) is 3.03. The van der Waals surface area contributed by atoms with E-state index in [1.54, 1.807) is 31.5 Å². The summed E-state index contributed by atoms with van der Waals surface area (Å²) in [6, 6.07) is 8.16. The molecule has 0 aliphatic rings. The van der Waals surface area contributed by atoms with E-state index in [-0.39, 0.29) is 5.02 Å². The molecule has 0 aliphatic carbocycles. The van der Waals surface area contributed by atoms with Gasteiger partial charge in [-0.05, 0) is 17.2 Å². The fraction of sp³-hybridized carbons (Fsp3) is 0.267. The zero-order valence-corrected chi connectivity index (χ0v) is 11.8. The van der Waals surface area contributed by atoms with E-state index in [2.05, 4.69) is 4.98 Å². The van der Waals surface area contributed by atoms with Gasteiger partial charge in [0.1, 0.15) is 5.82 Å². The van der Waals surface area contributed by atoms with Crippen LogP contribution in [-0.2, 0) is 12.8 Å². The molecule has 1 aromatic heterocycles. The molecule has 0 amide bonds. The quantitative estimate of drug-likeness (QED) is 0.922. The first-order valence-corrected chi connectivity index (χ1v) is 6.58. The summed E-state index contributed by atoms with van der Waals surface area (Å²) in [6.45, 7) is 0. The Kier molecular flexibility index (Phi) is 4.93. The third kappa shape index (κ3) is 3.68. The lowest BCUT2D eigenvalue weighted by Gasteiger charge is -2.12. The van der Waals surface area contributed by atoms with Crippen LogP contribution in [-0.4, -0.2) is 23.3 Å². The number of rotatable bonds is 5. The van der Waals surface area contributed by atoms with E-state index in [9.17, 15) is 9.50 Å². The van der Waals surface area contributed by atoms with Crippen LogP contribution in [0.1, 0.15) is 11.1 Å². The molecule has 0 spiro atoms. The maximum atomic E-state index is 13.3. The van der Waals surface area contributed by atoms with Crippen LogP contribution >= 0.6 is 11.6 Å². The van der Waals surface area contributed by atoms with E-state index >= 15 is 0 Å². The van der Waals surface area contributed by atoms with Crippen LogP contribution in [0.15, 0.2) is 36.5 Å². The SMILES string of the molecule is COc1ccc(CC(O)Cc2cccc(F)c2Cl)cn1. The largest absolute Gasteiger partial charge is 0.481 e. The van der Waals surface area contributed by atoms with Crippen molar-refractivity contribution in [3.8, 4) is 5.88 Å². The number of hydrogen-bond donors (Lipinski definition) is 1. The van der Waals surface area contributed by atoms with Crippen molar-refractivity contribution in [2.24, 2.45) is 0 Å². The van der Waals surface area contributed by atoms with Gasteiger partial charge in [0, 0.05) is 25.1 Å². The Morgan fingerprint density at radius 2 is 2.10 bits per heavy atom. The summed E-state index contributed by atoms with van der Waals surface area (Å²) in [7, 11) is 1.54. The van der Waals surface area contributed by atoms with Crippen LogP contribution in [0.3, 0.4) is 0 Å². The van der Waals surface area contributed by atoms with Gasteiger partial charge in [-0.25, -0.2) is 9.37 Å². The maximum absolute atomic E-state index is 13.3. The van der Waals surface area contributed by atoms with Crippen LogP contribution < -0.4 is 4.74 Å². The number of methoxy groups -OCH3 is 1. The summed E-state index contributed by atoms with van der Waals surface area (Å²) in [5.74, 6) is 0.0545. The van der Waals surface area contributed by atoms with E-state index < -0.39 is 11.9 Å². The van der Waals surface area contributed by atoms with Gasteiger partial charge in [0.25, 0.3) is 0 Å².